The van der Waals surface area contributed by atoms with Crippen LogP contribution >= 0.6 is 0 Å². The highest BCUT2D eigenvalue weighted by atomic mass is 16.2. The first-order valence-corrected chi connectivity index (χ1v) is 10.4. The van der Waals surface area contributed by atoms with Crippen molar-refractivity contribution in [2.75, 3.05) is 0 Å². The summed E-state index contributed by atoms with van der Waals surface area (Å²) in [6.45, 7) is 3.98. The molecule has 9 heteroatoms. The largest absolute Gasteiger partial charge is 0.349 e. The smallest absolute Gasteiger partial charge is 0.254 e. The third-order valence-corrected chi connectivity index (χ3v) is 6.69. The van der Waals surface area contributed by atoms with Crippen LogP contribution in [0.1, 0.15) is 52.6 Å². The van der Waals surface area contributed by atoms with Crippen LogP contribution in [0.15, 0.2) is 24.4 Å². The van der Waals surface area contributed by atoms with E-state index >= 15 is 0 Å². The highest BCUT2D eigenvalue weighted by Gasteiger charge is 2.48. The van der Waals surface area contributed by atoms with Crippen molar-refractivity contribution < 1.29 is 9.59 Å². The normalized spacial score (nSPS) is 25.6. The molecule has 3 aromatic rings. The molecule has 2 aliphatic rings. The summed E-state index contributed by atoms with van der Waals surface area (Å²) in [5.74, 6) is 0.115. The highest BCUT2D eigenvalue weighted by molar-refractivity contribution is 5.98. The lowest BCUT2D eigenvalue weighted by Crippen LogP contribution is -2.57. The number of carbonyl (C=O) groups excluding carboxylic acids is 2. The summed E-state index contributed by atoms with van der Waals surface area (Å²) in [5.41, 5.74) is 3.40. The first-order chi connectivity index (χ1) is 14.4. The van der Waals surface area contributed by atoms with Crippen molar-refractivity contribution in [3.8, 4) is 0 Å². The van der Waals surface area contributed by atoms with E-state index in [1.807, 2.05) is 31.0 Å². The van der Waals surface area contributed by atoms with Gasteiger partial charge in [0.25, 0.3) is 11.8 Å². The van der Waals surface area contributed by atoms with Crippen LogP contribution in [0.4, 0.5) is 0 Å². The first-order valence-electron chi connectivity index (χ1n) is 10.4. The average Bonchev–Trinajstić information content (AvgIpc) is 3.41. The maximum absolute atomic E-state index is 13.3. The van der Waals surface area contributed by atoms with Gasteiger partial charge in [0.1, 0.15) is 11.0 Å². The molecule has 4 heterocycles. The van der Waals surface area contributed by atoms with E-state index in [9.17, 15) is 9.59 Å². The van der Waals surface area contributed by atoms with Gasteiger partial charge in [0.15, 0.2) is 0 Å². The predicted octanol–water partition coefficient (Wildman–Crippen LogP) is 1.81. The van der Waals surface area contributed by atoms with Crippen LogP contribution in [-0.4, -0.2) is 60.0 Å². The van der Waals surface area contributed by atoms with Crippen LogP contribution < -0.4 is 5.32 Å². The number of aryl methyl sites for hydroxylation is 2. The molecule has 0 saturated carbocycles. The molecule has 30 heavy (non-hydrogen) atoms. The van der Waals surface area contributed by atoms with Gasteiger partial charge in [-0.15, -0.1) is 0 Å². The van der Waals surface area contributed by atoms with Gasteiger partial charge in [0, 0.05) is 36.9 Å². The van der Waals surface area contributed by atoms with Gasteiger partial charge in [-0.05, 0) is 50.3 Å². The summed E-state index contributed by atoms with van der Waals surface area (Å²) in [7, 11) is 1.81. The second kappa shape index (κ2) is 6.93. The summed E-state index contributed by atoms with van der Waals surface area (Å²) >= 11 is 0. The number of carbonyl (C=O) groups is 2. The Balaban J connectivity index is 1.34. The Morgan fingerprint density at radius 1 is 1.20 bits per heavy atom. The Kier molecular flexibility index (Phi) is 4.34. The number of nitrogens with zero attached hydrogens (tertiary/aromatic N) is 5. The topological polar surface area (TPSA) is 109 Å². The van der Waals surface area contributed by atoms with Gasteiger partial charge in [-0.3, -0.25) is 14.3 Å². The number of amides is 2. The second-order valence-electron chi connectivity index (χ2n) is 8.51. The Morgan fingerprint density at radius 3 is 2.77 bits per heavy atom. The van der Waals surface area contributed by atoms with Crippen molar-refractivity contribution in [3.63, 3.8) is 0 Å². The molecular formula is C21H25N7O2. The van der Waals surface area contributed by atoms with Crippen LogP contribution in [0.3, 0.4) is 0 Å². The SMILES string of the molecule is Cc1nn(C)cc1C(=O)NC1CC2CCC(C1C)N2C(=O)c1ccc2n[nH]nc2c1. The number of aromatic nitrogens is 5. The zero-order valence-electron chi connectivity index (χ0n) is 17.3. The lowest BCUT2D eigenvalue weighted by Gasteiger charge is -2.43. The summed E-state index contributed by atoms with van der Waals surface area (Å²) in [5, 5.41) is 18.2. The number of fused-ring (bicyclic) bond motifs is 3. The lowest BCUT2D eigenvalue weighted by atomic mass is 9.86. The molecule has 1 aromatic carbocycles. The first kappa shape index (κ1) is 18.8. The molecule has 2 N–H and O–H groups in total. The van der Waals surface area contributed by atoms with E-state index in [2.05, 4.69) is 32.7 Å². The minimum Gasteiger partial charge on any atom is -0.349 e. The molecule has 4 atom stereocenters. The molecule has 2 saturated heterocycles. The molecule has 2 fully saturated rings. The van der Waals surface area contributed by atoms with Crippen molar-refractivity contribution in [3.05, 3.63) is 41.2 Å². The van der Waals surface area contributed by atoms with Gasteiger partial charge >= 0.3 is 0 Å². The third-order valence-electron chi connectivity index (χ3n) is 6.69. The number of hydrogen-bond donors (Lipinski definition) is 2. The van der Waals surface area contributed by atoms with Gasteiger partial charge in [-0.2, -0.15) is 20.5 Å². The number of H-pyrrole nitrogens is 1. The highest BCUT2D eigenvalue weighted by Crippen LogP contribution is 2.40. The van der Waals surface area contributed by atoms with Crippen molar-refractivity contribution in [2.45, 2.75) is 51.2 Å². The number of aromatic amines is 1. The molecule has 2 bridgehead atoms. The van der Waals surface area contributed by atoms with Crippen molar-refractivity contribution in [1.29, 1.82) is 0 Å². The number of benzene rings is 1. The van der Waals surface area contributed by atoms with Crippen molar-refractivity contribution in [2.24, 2.45) is 13.0 Å². The molecule has 9 nitrogen and oxygen atoms in total. The molecule has 0 radical (unpaired) electrons. The van der Waals surface area contributed by atoms with Crippen LogP contribution in [0, 0.1) is 12.8 Å². The van der Waals surface area contributed by atoms with Crippen LogP contribution in [0.2, 0.25) is 0 Å². The standard InChI is InChI=1S/C21H25N7O2/c1-11-17(22-20(29)15-10-27(3)25-12(15)2)9-14-5-7-19(11)28(14)21(30)13-4-6-16-18(8-13)24-26-23-16/h4,6,8,10-11,14,17,19H,5,7,9H2,1-3H3,(H,22,29)(H,23,24,26). The number of rotatable bonds is 3. The molecule has 4 unspecified atom stereocenters. The quantitative estimate of drug-likeness (QED) is 0.688. The fourth-order valence-electron chi connectivity index (χ4n) is 5.13. The number of hydrogen-bond acceptors (Lipinski definition) is 5. The molecule has 0 aliphatic carbocycles. The monoisotopic (exact) mass is 407 g/mol. The summed E-state index contributed by atoms with van der Waals surface area (Å²) in [6, 6.07) is 5.72. The number of nitrogens with one attached hydrogen (secondary N) is 2. The zero-order chi connectivity index (χ0) is 21.0. The van der Waals surface area contributed by atoms with Crippen LogP contribution in [-0.2, 0) is 7.05 Å². The van der Waals surface area contributed by atoms with Gasteiger partial charge in [-0.1, -0.05) is 6.92 Å². The van der Waals surface area contributed by atoms with Gasteiger partial charge in [0.05, 0.1) is 11.3 Å². The molecule has 2 amide bonds. The van der Waals surface area contributed by atoms with E-state index in [0.717, 1.165) is 30.5 Å². The van der Waals surface area contributed by atoms with E-state index < -0.39 is 0 Å². The summed E-state index contributed by atoms with van der Waals surface area (Å²) < 4.78 is 1.66. The summed E-state index contributed by atoms with van der Waals surface area (Å²) in [4.78, 5) is 28.2. The molecule has 2 aromatic heterocycles. The Morgan fingerprint density at radius 2 is 2.00 bits per heavy atom. The average molecular weight is 407 g/mol. The van der Waals surface area contributed by atoms with E-state index in [1.54, 1.807) is 16.9 Å². The van der Waals surface area contributed by atoms with Gasteiger partial charge in [0.2, 0.25) is 0 Å². The maximum Gasteiger partial charge on any atom is 0.254 e. The van der Waals surface area contributed by atoms with Crippen molar-refractivity contribution in [1.82, 2.24) is 35.4 Å². The number of piperidine rings is 1. The Bertz CT molecular complexity index is 1130. The molecular weight excluding hydrogens is 382 g/mol. The Hall–Kier alpha value is -3.23. The van der Waals surface area contributed by atoms with Gasteiger partial charge in [-0.25, -0.2) is 0 Å². The zero-order valence-corrected chi connectivity index (χ0v) is 17.3. The minimum absolute atomic E-state index is 0.0344. The van der Waals surface area contributed by atoms with Crippen LogP contribution in [0.25, 0.3) is 11.0 Å². The fourth-order valence-corrected chi connectivity index (χ4v) is 5.13. The third kappa shape index (κ3) is 2.96. The maximum atomic E-state index is 13.3. The fraction of sp³-hybridized carbons (Fsp3) is 0.476. The van der Waals surface area contributed by atoms with E-state index in [-0.39, 0.29) is 35.9 Å². The van der Waals surface area contributed by atoms with E-state index in [0.29, 0.717) is 16.6 Å². The molecule has 5 rings (SSSR count). The Labute approximate surface area is 173 Å². The van der Waals surface area contributed by atoms with E-state index in [4.69, 9.17) is 0 Å². The molecule has 2 aliphatic heterocycles. The lowest BCUT2D eigenvalue weighted by molar-refractivity contribution is 0.0421. The molecule has 156 valence electrons. The minimum atomic E-state index is -0.0897. The van der Waals surface area contributed by atoms with Gasteiger partial charge < -0.3 is 10.2 Å². The molecule has 0 spiro atoms. The van der Waals surface area contributed by atoms with E-state index in [1.165, 1.54) is 0 Å². The predicted molar refractivity (Wildman–Crippen MR) is 110 cm³/mol. The van der Waals surface area contributed by atoms with Crippen LogP contribution in [0.5, 0.6) is 0 Å². The summed E-state index contributed by atoms with van der Waals surface area (Å²) in [6.07, 6.45) is 4.44. The van der Waals surface area contributed by atoms with Crippen molar-refractivity contribution >= 4 is 22.8 Å². The second-order valence-corrected chi connectivity index (χ2v) is 8.51.